The van der Waals surface area contributed by atoms with E-state index >= 15 is 0 Å². The van der Waals surface area contributed by atoms with E-state index in [1.165, 1.54) is 0 Å². The number of aromatic nitrogens is 2. The molecule has 1 saturated heterocycles. The largest absolute Gasteiger partial charge is 0.377 e. The summed E-state index contributed by atoms with van der Waals surface area (Å²) in [6.07, 6.45) is 3.42. The average Bonchev–Trinajstić information content (AvgIpc) is 3.13. The van der Waals surface area contributed by atoms with Gasteiger partial charge in [0.05, 0.1) is 24.5 Å². The van der Waals surface area contributed by atoms with Crippen molar-refractivity contribution in [3.8, 4) is 0 Å². The highest BCUT2D eigenvalue weighted by atomic mass is 16.5. The second-order valence-electron chi connectivity index (χ2n) is 7.62. The number of imidazole rings is 1. The van der Waals surface area contributed by atoms with Gasteiger partial charge in [0.2, 0.25) is 5.95 Å². The molecule has 0 aromatic carbocycles. The molecule has 134 valence electrons. The van der Waals surface area contributed by atoms with E-state index in [0.29, 0.717) is 24.6 Å². The fourth-order valence-corrected chi connectivity index (χ4v) is 4.15. The van der Waals surface area contributed by atoms with Gasteiger partial charge < -0.3 is 24.8 Å². The molecule has 7 heteroatoms. The minimum atomic E-state index is 0.142. The van der Waals surface area contributed by atoms with E-state index in [1.807, 2.05) is 39.3 Å². The van der Waals surface area contributed by atoms with Gasteiger partial charge in [-0.3, -0.25) is 4.99 Å². The average molecular weight is 334 g/mol. The van der Waals surface area contributed by atoms with Crippen LogP contribution in [0.2, 0.25) is 0 Å². The van der Waals surface area contributed by atoms with E-state index in [4.69, 9.17) is 4.74 Å². The van der Waals surface area contributed by atoms with Gasteiger partial charge in [0.1, 0.15) is 0 Å². The van der Waals surface area contributed by atoms with E-state index in [-0.39, 0.29) is 5.41 Å². The van der Waals surface area contributed by atoms with Crippen LogP contribution in [-0.2, 0) is 18.3 Å². The number of nitrogens with zero attached hydrogens (tertiary/aromatic N) is 4. The van der Waals surface area contributed by atoms with Crippen LogP contribution in [-0.4, -0.2) is 55.4 Å². The van der Waals surface area contributed by atoms with Crippen LogP contribution in [0, 0.1) is 11.3 Å². The lowest BCUT2D eigenvalue weighted by molar-refractivity contribution is -0.106. The summed E-state index contributed by atoms with van der Waals surface area (Å²) < 4.78 is 7.96. The Kier molecular flexibility index (Phi) is 4.46. The molecule has 0 spiro atoms. The number of hydrogen-bond acceptors (Lipinski definition) is 4. The predicted octanol–water partition coefficient (Wildman–Crippen LogP) is 0.965. The second kappa shape index (κ2) is 6.27. The van der Waals surface area contributed by atoms with Gasteiger partial charge in [0, 0.05) is 52.2 Å². The monoisotopic (exact) mass is 334 g/mol. The van der Waals surface area contributed by atoms with Crippen molar-refractivity contribution in [2.24, 2.45) is 23.4 Å². The molecular formula is C17H30N6O. The molecule has 24 heavy (non-hydrogen) atoms. The van der Waals surface area contributed by atoms with Crippen LogP contribution < -0.4 is 15.5 Å². The number of ether oxygens (including phenoxy) is 1. The lowest BCUT2D eigenvalue weighted by Gasteiger charge is -2.54. The third-order valence-corrected chi connectivity index (χ3v) is 5.51. The molecule has 2 N–H and O–H groups in total. The number of aliphatic imine (C=N–C) groups is 1. The number of hydrogen-bond donors (Lipinski definition) is 2. The topological polar surface area (TPSA) is 66.7 Å². The number of fused-ring (bicyclic) bond motifs is 1. The Hall–Kier alpha value is -1.76. The van der Waals surface area contributed by atoms with E-state index in [2.05, 4.69) is 39.0 Å². The third-order valence-electron chi connectivity index (χ3n) is 5.51. The first-order valence-corrected chi connectivity index (χ1v) is 8.63. The molecule has 7 nitrogen and oxygen atoms in total. The van der Waals surface area contributed by atoms with Crippen molar-refractivity contribution in [3.63, 3.8) is 0 Å². The molecule has 3 unspecified atom stereocenters. The molecule has 2 heterocycles. The Labute approximate surface area is 144 Å². The predicted molar refractivity (Wildman–Crippen MR) is 96.3 cm³/mol. The first-order valence-electron chi connectivity index (χ1n) is 8.63. The van der Waals surface area contributed by atoms with E-state index in [0.717, 1.165) is 30.6 Å². The fraction of sp³-hybridized carbons (Fsp3) is 0.765. The molecule has 1 aromatic heterocycles. The zero-order valence-corrected chi connectivity index (χ0v) is 15.6. The van der Waals surface area contributed by atoms with Gasteiger partial charge in [0.15, 0.2) is 5.96 Å². The summed E-state index contributed by atoms with van der Waals surface area (Å²) in [5.74, 6) is 2.38. The third kappa shape index (κ3) is 2.75. The molecule has 2 fully saturated rings. The van der Waals surface area contributed by atoms with Crippen LogP contribution in [0.1, 0.15) is 26.0 Å². The van der Waals surface area contributed by atoms with E-state index in [1.54, 1.807) is 0 Å². The van der Waals surface area contributed by atoms with Crippen LogP contribution in [0.25, 0.3) is 0 Å². The van der Waals surface area contributed by atoms with Gasteiger partial charge in [-0.1, -0.05) is 13.8 Å². The molecule has 2 aliphatic rings. The quantitative estimate of drug-likeness (QED) is 0.634. The second-order valence-corrected chi connectivity index (χ2v) is 7.62. The summed E-state index contributed by atoms with van der Waals surface area (Å²) in [4.78, 5) is 10.8. The maximum atomic E-state index is 5.87. The molecule has 0 bridgehead atoms. The van der Waals surface area contributed by atoms with Crippen molar-refractivity contribution in [1.82, 2.24) is 20.2 Å². The molecular weight excluding hydrogens is 304 g/mol. The van der Waals surface area contributed by atoms with Crippen LogP contribution >= 0.6 is 0 Å². The summed E-state index contributed by atoms with van der Waals surface area (Å²) in [6.45, 7) is 6.11. The standard InChI is InChI=1S/C17H30N6O/c1-17(2)13(12-7-8-24-14(12)17)21-15(18-3)19-9-11-10-20-16(22(4)5)23(11)6/h10,12-14H,7-9H2,1-6H3,(H2,18,19,21). The Bertz CT molecular complexity index is 621. The van der Waals surface area contributed by atoms with Gasteiger partial charge >= 0.3 is 0 Å². The molecule has 0 amide bonds. The van der Waals surface area contributed by atoms with Crippen LogP contribution in [0.4, 0.5) is 5.95 Å². The van der Waals surface area contributed by atoms with Crippen molar-refractivity contribution in [2.75, 3.05) is 32.6 Å². The first kappa shape index (κ1) is 17.1. The maximum Gasteiger partial charge on any atom is 0.204 e. The maximum absolute atomic E-state index is 5.87. The summed E-state index contributed by atoms with van der Waals surface area (Å²) in [5, 5.41) is 7.02. The van der Waals surface area contributed by atoms with Gasteiger partial charge in [-0.15, -0.1) is 0 Å². The van der Waals surface area contributed by atoms with Crippen LogP contribution in [0.3, 0.4) is 0 Å². The molecule has 3 atom stereocenters. The summed E-state index contributed by atoms with van der Waals surface area (Å²) >= 11 is 0. The highest BCUT2D eigenvalue weighted by Gasteiger charge is 2.59. The normalized spacial score (nSPS) is 28.2. The van der Waals surface area contributed by atoms with Crippen molar-refractivity contribution < 1.29 is 4.74 Å². The van der Waals surface area contributed by atoms with Crippen molar-refractivity contribution in [2.45, 2.75) is 39.0 Å². The van der Waals surface area contributed by atoms with Crippen molar-refractivity contribution in [3.05, 3.63) is 11.9 Å². The fourth-order valence-electron chi connectivity index (χ4n) is 4.15. The van der Waals surface area contributed by atoms with E-state index in [9.17, 15) is 0 Å². The highest BCUT2D eigenvalue weighted by molar-refractivity contribution is 5.80. The number of nitrogens with one attached hydrogen (secondary N) is 2. The molecule has 1 aliphatic carbocycles. The minimum Gasteiger partial charge on any atom is -0.377 e. The lowest BCUT2D eigenvalue weighted by Crippen LogP contribution is -2.67. The van der Waals surface area contributed by atoms with Crippen LogP contribution in [0.15, 0.2) is 11.2 Å². The highest BCUT2D eigenvalue weighted by Crippen LogP contribution is 2.52. The Morgan fingerprint density at radius 1 is 1.50 bits per heavy atom. The molecule has 0 radical (unpaired) electrons. The minimum absolute atomic E-state index is 0.142. The summed E-state index contributed by atoms with van der Waals surface area (Å²) in [6, 6.07) is 0.403. The summed E-state index contributed by atoms with van der Waals surface area (Å²) in [7, 11) is 7.85. The van der Waals surface area contributed by atoms with Gasteiger partial charge in [0.25, 0.3) is 0 Å². The van der Waals surface area contributed by atoms with E-state index < -0.39 is 0 Å². The van der Waals surface area contributed by atoms with Gasteiger partial charge in [-0.2, -0.15) is 0 Å². The Morgan fingerprint density at radius 3 is 2.88 bits per heavy atom. The molecule has 1 aliphatic heterocycles. The SMILES string of the molecule is CN=C(NCc1cnc(N(C)C)n1C)NC1C2CCOC2C1(C)C. The zero-order valence-electron chi connectivity index (χ0n) is 15.6. The van der Waals surface area contributed by atoms with Crippen molar-refractivity contribution in [1.29, 1.82) is 0 Å². The lowest BCUT2D eigenvalue weighted by atomic mass is 9.57. The smallest absolute Gasteiger partial charge is 0.204 e. The number of anilines is 1. The van der Waals surface area contributed by atoms with Gasteiger partial charge in [-0.25, -0.2) is 4.98 Å². The Balaban J connectivity index is 1.60. The summed E-state index contributed by atoms with van der Waals surface area (Å²) in [5.41, 5.74) is 1.26. The van der Waals surface area contributed by atoms with Crippen molar-refractivity contribution >= 4 is 11.9 Å². The van der Waals surface area contributed by atoms with Crippen LogP contribution in [0.5, 0.6) is 0 Å². The molecule has 1 aromatic rings. The number of rotatable bonds is 4. The molecule has 1 saturated carbocycles. The zero-order chi connectivity index (χ0) is 17.5. The van der Waals surface area contributed by atoms with Gasteiger partial charge in [-0.05, 0) is 6.42 Å². The number of guanidine groups is 1. The first-order chi connectivity index (χ1) is 11.4. The molecule has 3 rings (SSSR count). The Morgan fingerprint density at radius 2 is 2.25 bits per heavy atom.